The highest BCUT2D eigenvalue weighted by molar-refractivity contribution is 6.43. The first kappa shape index (κ1) is 18.4. The van der Waals surface area contributed by atoms with Gasteiger partial charge in [-0.2, -0.15) is 0 Å². The molecule has 3 rings (SSSR count). The van der Waals surface area contributed by atoms with Gasteiger partial charge >= 0.3 is 0 Å². The van der Waals surface area contributed by atoms with Gasteiger partial charge in [-0.05, 0) is 19.1 Å². The Morgan fingerprint density at radius 2 is 1.81 bits per heavy atom. The number of amidine groups is 2. The molecular formula is C19H18Cl2N4O. The van der Waals surface area contributed by atoms with Crippen LogP contribution in [0, 0.1) is 10.8 Å². The van der Waals surface area contributed by atoms with Crippen LogP contribution < -0.4 is 0 Å². The number of benzene rings is 2. The summed E-state index contributed by atoms with van der Waals surface area (Å²) in [6, 6.07) is 14.0. The molecule has 7 heteroatoms. The molecule has 0 aromatic heterocycles. The van der Waals surface area contributed by atoms with Crippen LogP contribution in [0.2, 0.25) is 10.0 Å². The molecule has 1 amide bonds. The van der Waals surface area contributed by atoms with Crippen LogP contribution in [0.4, 0.5) is 0 Å². The summed E-state index contributed by atoms with van der Waals surface area (Å²) in [6.07, 6.45) is 0. The van der Waals surface area contributed by atoms with Crippen molar-refractivity contribution < 1.29 is 4.79 Å². The van der Waals surface area contributed by atoms with Crippen LogP contribution >= 0.6 is 23.2 Å². The van der Waals surface area contributed by atoms with Crippen molar-refractivity contribution in [1.29, 1.82) is 10.8 Å². The van der Waals surface area contributed by atoms with Crippen molar-refractivity contribution in [3.05, 3.63) is 69.7 Å². The Labute approximate surface area is 162 Å². The molecule has 2 aromatic rings. The molecule has 2 aromatic carbocycles. The lowest BCUT2D eigenvalue weighted by Gasteiger charge is -2.41. The summed E-state index contributed by atoms with van der Waals surface area (Å²) in [4.78, 5) is 16.0. The highest BCUT2D eigenvalue weighted by atomic mass is 35.5. The van der Waals surface area contributed by atoms with Crippen LogP contribution in [0.5, 0.6) is 0 Å². The van der Waals surface area contributed by atoms with Gasteiger partial charge in [-0.25, -0.2) is 0 Å². The Hall–Kier alpha value is -2.37. The van der Waals surface area contributed by atoms with E-state index < -0.39 is 0 Å². The second kappa shape index (κ2) is 7.48. The Morgan fingerprint density at radius 3 is 2.46 bits per heavy atom. The van der Waals surface area contributed by atoms with E-state index in [1.165, 1.54) is 0 Å². The van der Waals surface area contributed by atoms with Gasteiger partial charge in [0, 0.05) is 12.1 Å². The predicted molar refractivity (Wildman–Crippen MR) is 105 cm³/mol. The minimum Gasteiger partial charge on any atom is -0.329 e. The van der Waals surface area contributed by atoms with Gasteiger partial charge in [0.15, 0.2) is 0 Å². The number of carbonyl (C=O) groups excluding carboxylic acids is 1. The maximum atomic E-state index is 12.8. The van der Waals surface area contributed by atoms with E-state index >= 15 is 0 Å². The van der Waals surface area contributed by atoms with E-state index in [1.807, 2.05) is 37.3 Å². The average molecular weight is 389 g/mol. The Kier molecular flexibility index (Phi) is 5.30. The zero-order chi connectivity index (χ0) is 18.8. The minimum absolute atomic E-state index is 0.112. The first-order chi connectivity index (χ1) is 12.4. The van der Waals surface area contributed by atoms with Crippen molar-refractivity contribution in [3.8, 4) is 0 Å². The zero-order valence-electron chi connectivity index (χ0n) is 14.2. The smallest absolute Gasteiger partial charge is 0.255 e. The molecule has 5 nitrogen and oxygen atoms in total. The van der Waals surface area contributed by atoms with Gasteiger partial charge in [-0.1, -0.05) is 59.6 Å². The maximum absolute atomic E-state index is 12.8. The van der Waals surface area contributed by atoms with E-state index in [4.69, 9.17) is 34.0 Å². The van der Waals surface area contributed by atoms with Gasteiger partial charge in [-0.15, -0.1) is 0 Å². The molecule has 26 heavy (non-hydrogen) atoms. The fourth-order valence-electron chi connectivity index (χ4n) is 3.07. The molecule has 0 saturated carbocycles. The minimum atomic E-state index is -0.264. The van der Waals surface area contributed by atoms with Crippen molar-refractivity contribution in [2.45, 2.75) is 13.0 Å². The molecule has 134 valence electrons. The summed E-state index contributed by atoms with van der Waals surface area (Å²) in [5.74, 6) is 0.195. The molecular weight excluding hydrogens is 371 g/mol. The van der Waals surface area contributed by atoms with E-state index in [9.17, 15) is 4.79 Å². The third-order valence-electron chi connectivity index (χ3n) is 4.31. The van der Waals surface area contributed by atoms with Crippen molar-refractivity contribution in [1.82, 2.24) is 9.80 Å². The van der Waals surface area contributed by atoms with Crippen LogP contribution in [0.15, 0.2) is 48.5 Å². The lowest BCUT2D eigenvalue weighted by atomic mass is 10.1. The van der Waals surface area contributed by atoms with Gasteiger partial charge in [0.05, 0.1) is 28.2 Å². The summed E-state index contributed by atoms with van der Waals surface area (Å²) in [6.45, 7) is 2.39. The summed E-state index contributed by atoms with van der Waals surface area (Å²) < 4.78 is 0. The number of hydrogen-bond acceptors (Lipinski definition) is 3. The fraction of sp³-hybridized carbons (Fsp3) is 0.211. The van der Waals surface area contributed by atoms with Crippen molar-refractivity contribution >= 4 is 40.8 Å². The standard InChI is InChI=1S/C19H18Cl2N4O/c1-12-10-24(19(26)14-8-5-9-15(20)17(14)21)11-16(22)25(12)18(23)13-6-3-2-4-7-13/h2-9,12,22-23H,10-11H2,1H3. The van der Waals surface area contributed by atoms with E-state index in [0.29, 0.717) is 17.1 Å². The first-order valence-corrected chi connectivity index (χ1v) is 8.89. The highest BCUT2D eigenvalue weighted by Gasteiger charge is 2.33. The normalized spacial score (nSPS) is 17.3. The van der Waals surface area contributed by atoms with Crippen LogP contribution in [-0.4, -0.2) is 46.5 Å². The predicted octanol–water partition coefficient (Wildman–Crippen LogP) is 4.14. The van der Waals surface area contributed by atoms with E-state index in [2.05, 4.69) is 0 Å². The highest BCUT2D eigenvalue weighted by Crippen LogP contribution is 2.27. The van der Waals surface area contributed by atoms with Crippen LogP contribution in [0.25, 0.3) is 0 Å². The van der Waals surface area contributed by atoms with Gasteiger partial charge in [0.25, 0.3) is 5.91 Å². The Bertz CT molecular complexity index is 869. The number of amides is 1. The molecule has 1 unspecified atom stereocenters. The topological polar surface area (TPSA) is 71.2 Å². The van der Waals surface area contributed by atoms with Gasteiger partial charge < -0.3 is 9.80 Å². The monoisotopic (exact) mass is 388 g/mol. The lowest BCUT2D eigenvalue weighted by Crippen LogP contribution is -2.58. The molecule has 1 fully saturated rings. The number of halogens is 2. The van der Waals surface area contributed by atoms with Crippen LogP contribution in [0.3, 0.4) is 0 Å². The molecule has 1 aliphatic heterocycles. The van der Waals surface area contributed by atoms with Gasteiger partial charge in [-0.3, -0.25) is 15.6 Å². The van der Waals surface area contributed by atoms with Crippen LogP contribution in [-0.2, 0) is 0 Å². The van der Waals surface area contributed by atoms with E-state index in [-0.39, 0.29) is 35.2 Å². The Balaban J connectivity index is 1.80. The Morgan fingerprint density at radius 1 is 1.12 bits per heavy atom. The van der Waals surface area contributed by atoms with Crippen molar-refractivity contribution in [2.75, 3.05) is 13.1 Å². The SMILES string of the molecule is CC1CN(C(=O)c2cccc(Cl)c2Cl)CC(=N)N1C(=N)c1ccccc1. The van der Waals surface area contributed by atoms with Crippen LogP contribution in [0.1, 0.15) is 22.8 Å². The molecule has 1 aliphatic rings. The number of hydrogen-bond donors (Lipinski definition) is 2. The fourth-order valence-corrected chi connectivity index (χ4v) is 3.45. The molecule has 0 aliphatic carbocycles. The van der Waals surface area contributed by atoms with Gasteiger partial charge in [0.2, 0.25) is 0 Å². The zero-order valence-corrected chi connectivity index (χ0v) is 15.7. The molecule has 2 N–H and O–H groups in total. The summed E-state index contributed by atoms with van der Waals surface area (Å²) in [5, 5.41) is 17.3. The maximum Gasteiger partial charge on any atom is 0.255 e. The number of rotatable bonds is 2. The van der Waals surface area contributed by atoms with Gasteiger partial charge in [0.1, 0.15) is 11.7 Å². The second-order valence-corrected chi connectivity index (χ2v) is 6.95. The lowest BCUT2D eigenvalue weighted by molar-refractivity contribution is 0.0730. The second-order valence-electron chi connectivity index (χ2n) is 6.17. The van der Waals surface area contributed by atoms with Crippen molar-refractivity contribution in [2.24, 2.45) is 0 Å². The van der Waals surface area contributed by atoms with E-state index in [1.54, 1.807) is 28.0 Å². The largest absolute Gasteiger partial charge is 0.329 e. The molecule has 0 spiro atoms. The number of carbonyl (C=O) groups is 1. The summed E-state index contributed by atoms with van der Waals surface area (Å²) >= 11 is 12.2. The average Bonchev–Trinajstić information content (AvgIpc) is 2.63. The van der Waals surface area contributed by atoms with E-state index in [0.717, 1.165) is 5.56 Å². The summed E-state index contributed by atoms with van der Waals surface area (Å²) in [5.41, 5.74) is 1.06. The number of nitrogens with zero attached hydrogens (tertiary/aromatic N) is 2. The summed E-state index contributed by atoms with van der Waals surface area (Å²) in [7, 11) is 0. The molecule has 1 heterocycles. The molecule has 0 radical (unpaired) electrons. The quantitative estimate of drug-likeness (QED) is 0.599. The van der Waals surface area contributed by atoms with Crippen molar-refractivity contribution in [3.63, 3.8) is 0 Å². The third-order valence-corrected chi connectivity index (χ3v) is 5.13. The number of piperazine rings is 1. The molecule has 1 saturated heterocycles. The molecule has 0 bridgehead atoms. The molecule has 1 atom stereocenters. The third kappa shape index (κ3) is 3.45. The number of nitrogens with one attached hydrogen (secondary N) is 2. The first-order valence-electron chi connectivity index (χ1n) is 8.14.